The molecule has 0 bridgehead atoms. The number of sulfone groups is 1. The van der Waals surface area contributed by atoms with Gasteiger partial charge in [0.2, 0.25) is 0 Å². The van der Waals surface area contributed by atoms with Gasteiger partial charge in [0.05, 0.1) is 22.6 Å². The predicted molar refractivity (Wildman–Crippen MR) is 100 cm³/mol. The highest BCUT2D eigenvalue weighted by molar-refractivity contribution is 7.92. The van der Waals surface area contributed by atoms with E-state index in [1.807, 2.05) is 6.92 Å². The highest BCUT2D eigenvalue weighted by atomic mass is 32.2. The molecule has 6 nitrogen and oxygen atoms in total. The highest BCUT2D eigenvalue weighted by Crippen LogP contribution is 2.51. The second kappa shape index (κ2) is 7.20. The van der Waals surface area contributed by atoms with Gasteiger partial charge in [0.15, 0.2) is 15.8 Å². The van der Waals surface area contributed by atoms with Crippen molar-refractivity contribution >= 4 is 15.8 Å². The first-order valence-electron chi connectivity index (χ1n) is 8.63. The molecule has 0 aromatic heterocycles. The maximum Gasteiger partial charge on any atom is 0.191 e. The second-order valence-electron chi connectivity index (χ2n) is 8.25. The van der Waals surface area contributed by atoms with E-state index < -0.39 is 14.6 Å². The van der Waals surface area contributed by atoms with Crippen molar-refractivity contribution in [2.75, 3.05) is 26.0 Å². The van der Waals surface area contributed by atoms with Crippen LogP contribution in [0, 0.1) is 5.41 Å². The number of nitrogens with one attached hydrogen (secondary N) is 2. The quantitative estimate of drug-likeness (QED) is 0.558. The Kier molecular flexibility index (Phi) is 6.36. The minimum atomic E-state index is -3.16. The van der Waals surface area contributed by atoms with Crippen LogP contribution >= 0.6 is 0 Å². The smallest absolute Gasteiger partial charge is 0.191 e. The van der Waals surface area contributed by atoms with E-state index in [0.717, 1.165) is 13.0 Å². The number of rotatable bonds is 6. The maximum absolute atomic E-state index is 12.2. The lowest BCUT2D eigenvalue weighted by Crippen LogP contribution is -2.69. The fourth-order valence-corrected chi connectivity index (χ4v) is 3.74. The minimum Gasteiger partial charge on any atom is -0.378 e. The third kappa shape index (κ3) is 4.23. The molecule has 0 amide bonds. The summed E-state index contributed by atoms with van der Waals surface area (Å²) >= 11 is 0. The number of aliphatic imine (C=N–C) groups is 1. The normalized spacial score (nSPS) is 27.5. The van der Waals surface area contributed by atoms with E-state index in [9.17, 15) is 8.42 Å². The van der Waals surface area contributed by atoms with Crippen molar-refractivity contribution in [2.45, 2.75) is 71.3 Å². The van der Waals surface area contributed by atoms with E-state index in [-0.39, 0.29) is 29.4 Å². The third-order valence-corrected chi connectivity index (χ3v) is 8.08. The van der Waals surface area contributed by atoms with Crippen LogP contribution in [0.25, 0.3) is 0 Å². The minimum absolute atomic E-state index is 0.0323. The Morgan fingerprint density at radius 2 is 1.88 bits per heavy atom. The molecule has 1 saturated carbocycles. The summed E-state index contributed by atoms with van der Waals surface area (Å²) in [5.41, 5.74) is -0.188. The lowest BCUT2D eigenvalue weighted by atomic mass is 9.56. The molecule has 2 atom stereocenters. The Balaban J connectivity index is 2.72. The summed E-state index contributed by atoms with van der Waals surface area (Å²) in [5.74, 6) is 0.717. The molecule has 0 aliphatic heterocycles. The van der Waals surface area contributed by atoms with Gasteiger partial charge in [0, 0.05) is 25.1 Å². The van der Waals surface area contributed by atoms with Crippen LogP contribution in [0.4, 0.5) is 0 Å². The SMILES string of the molecule is CCNC(=NCCS(=O)(=O)C(C)(C)C)NC1CC(C)(OC)C1(C)C. The molecule has 0 radical (unpaired) electrons. The zero-order chi connectivity index (χ0) is 18.8. The molecule has 2 N–H and O–H groups in total. The van der Waals surface area contributed by atoms with Gasteiger partial charge in [-0.3, -0.25) is 4.99 Å². The summed E-state index contributed by atoms with van der Waals surface area (Å²) in [6.07, 6.45) is 0.890. The topological polar surface area (TPSA) is 79.8 Å². The van der Waals surface area contributed by atoms with Crippen molar-refractivity contribution in [3.8, 4) is 0 Å². The number of guanidine groups is 1. The number of ether oxygens (including phenoxy) is 1. The van der Waals surface area contributed by atoms with Crippen LogP contribution in [-0.4, -0.2) is 56.7 Å². The molecular formula is C17H35N3O3S. The average molecular weight is 362 g/mol. The summed E-state index contributed by atoms with van der Waals surface area (Å²) in [6, 6.07) is 0.236. The summed E-state index contributed by atoms with van der Waals surface area (Å²) < 4.78 is 29.3. The number of methoxy groups -OCH3 is 1. The fraction of sp³-hybridized carbons (Fsp3) is 0.941. The van der Waals surface area contributed by atoms with E-state index in [2.05, 4.69) is 36.4 Å². The zero-order valence-corrected chi connectivity index (χ0v) is 17.3. The van der Waals surface area contributed by atoms with Crippen LogP contribution in [0.1, 0.15) is 54.9 Å². The lowest BCUT2D eigenvalue weighted by molar-refractivity contribution is -0.176. The van der Waals surface area contributed by atoms with Crippen molar-refractivity contribution in [1.82, 2.24) is 10.6 Å². The number of hydrogen-bond donors (Lipinski definition) is 2. The summed E-state index contributed by atoms with van der Waals surface area (Å²) in [4.78, 5) is 4.45. The van der Waals surface area contributed by atoms with Gasteiger partial charge in [0.1, 0.15) is 0 Å². The summed E-state index contributed by atoms with van der Waals surface area (Å²) in [6.45, 7) is 14.6. The van der Waals surface area contributed by atoms with Crippen molar-refractivity contribution < 1.29 is 13.2 Å². The van der Waals surface area contributed by atoms with Crippen molar-refractivity contribution in [3.05, 3.63) is 0 Å². The van der Waals surface area contributed by atoms with Crippen LogP contribution in [-0.2, 0) is 14.6 Å². The molecule has 1 aliphatic rings. The molecule has 2 unspecified atom stereocenters. The molecule has 7 heteroatoms. The first-order valence-corrected chi connectivity index (χ1v) is 10.3. The Morgan fingerprint density at radius 3 is 2.29 bits per heavy atom. The van der Waals surface area contributed by atoms with Crippen molar-refractivity contribution in [2.24, 2.45) is 10.4 Å². The van der Waals surface area contributed by atoms with E-state index in [1.165, 1.54) is 0 Å². The van der Waals surface area contributed by atoms with E-state index in [4.69, 9.17) is 4.74 Å². The Labute approximate surface area is 147 Å². The molecule has 0 saturated heterocycles. The molecule has 1 fully saturated rings. The first kappa shape index (κ1) is 21.2. The number of nitrogens with zero attached hydrogens (tertiary/aromatic N) is 1. The molecule has 142 valence electrons. The predicted octanol–water partition coefficient (Wildman–Crippen LogP) is 1.96. The largest absolute Gasteiger partial charge is 0.378 e. The van der Waals surface area contributed by atoms with Crippen LogP contribution in [0.5, 0.6) is 0 Å². The summed E-state index contributed by atoms with van der Waals surface area (Å²) in [7, 11) is -1.41. The Bertz CT molecular complexity index is 564. The average Bonchev–Trinajstić information content (AvgIpc) is 2.45. The van der Waals surface area contributed by atoms with Gasteiger partial charge in [-0.25, -0.2) is 8.42 Å². The van der Waals surface area contributed by atoms with Gasteiger partial charge < -0.3 is 15.4 Å². The standard InChI is InChI=1S/C17H35N3O3S/c1-9-18-14(19-10-11-24(21,22)15(2,3)4)20-13-12-17(7,23-8)16(13,5)6/h13H,9-12H2,1-8H3,(H2,18,19,20). The highest BCUT2D eigenvalue weighted by Gasteiger charge is 2.58. The van der Waals surface area contributed by atoms with E-state index in [0.29, 0.717) is 5.96 Å². The molecule has 0 aromatic carbocycles. The molecular weight excluding hydrogens is 326 g/mol. The Hall–Kier alpha value is -0.820. The molecule has 0 spiro atoms. The molecule has 24 heavy (non-hydrogen) atoms. The maximum atomic E-state index is 12.2. The zero-order valence-electron chi connectivity index (χ0n) is 16.5. The number of hydrogen-bond acceptors (Lipinski definition) is 4. The van der Waals surface area contributed by atoms with E-state index >= 15 is 0 Å². The van der Waals surface area contributed by atoms with Crippen LogP contribution in [0.3, 0.4) is 0 Å². The van der Waals surface area contributed by atoms with Gasteiger partial charge in [-0.15, -0.1) is 0 Å². The van der Waals surface area contributed by atoms with Crippen molar-refractivity contribution in [3.63, 3.8) is 0 Å². The van der Waals surface area contributed by atoms with Gasteiger partial charge in [0.25, 0.3) is 0 Å². The first-order chi connectivity index (χ1) is 10.8. The van der Waals surface area contributed by atoms with Gasteiger partial charge in [-0.1, -0.05) is 13.8 Å². The molecule has 0 heterocycles. The van der Waals surface area contributed by atoms with E-state index in [1.54, 1.807) is 27.9 Å². The Morgan fingerprint density at radius 1 is 1.29 bits per heavy atom. The fourth-order valence-electron chi connectivity index (χ4n) is 2.79. The molecule has 1 rings (SSSR count). The lowest BCUT2D eigenvalue weighted by Gasteiger charge is -2.59. The van der Waals surface area contributed by atoms with Crippen LogP contribution in [0.15, 0.2) is 4.99 Å². The monoisotopic (exact) mass is 361 g/mol. The van der Waals surface area contributed by atoms with Gasteiger partial charge >= 0.3 is 0 Å². The molecule has 1 aliphatic carbocycles. The van der Waals surface area contributed by atoms with Gasteiger partial charge in [-0.05, 0) is 41.0 Å². The third-order valence-electron chi connectivity index (χ3n) is 5.50. The summed E-state index contributed by atoms with van der Waals surface area (Å²) in [5, 5.41) is 6.62. The van der Waals surface area contributed by atoms with Gasteiger partial charge in [-0.2, -0.15) is 0 Å². The second-order valence-corrected chi connectivity index (χ2v) is 11.1. The van der Waals surface area contributed by atoms with Crippen molar-refractivity contribution in [1.29, 1.82) is 0 Å². The van der Waals surface area contributed by atoms with Crippen LogP contribution < -0.4 is 10.6 Å². The molecule has 0 aromatic rings. The van der Waals surface area contributed by atoms with Crippen LogP contribution in [0.2, 0.25) is 0 Å².